The van der Waals surface area contributed by atoms with Crippen molar-refractivity contribution in [1.82, 2.24) is 9.55 Å². The summed E-state index contributed by atoms with van der Waals surface area (Å²) in [5, 5.41) is 9.34. The van der Waals surface area contributed by atoms with Gasteiger partial charge in [0, 0.05) is 19.5 Å². The van der Waals surface area contributed by atoms with Crippen LogP contribution in [-0.4, -0.2) is 58.7 Å². The number of aliphatic hydroxyl groups excluding tert-OH is 1. The first kappa shape index (κ1) is 22.2. The van der Waals surface area contributed by atoms with Crippen LogP contribution in [0.2, 0.25) is 0 Å². The van der Waals surface area contributed by atoms with Gasteiger partial charge >= 0.3 is 18.0 Å². The minimum absolute atomic E-state index is 0.0443. The molecule has 0 aromatic carbocycles. The lowest BCUT2D eigenvalue weighted by Gasteiger charge is -2.15. The van der Waals surface area contributed by atoms with E-state index in [1.165, 1.54) is 6.92 Å². The number of halogens is 3. The fraction of sp³-hybridized carbons (Fsp3) is 0.500. The number of hydrogen-bond acceptors (Lipinski definition) is 8. The van der Waals surface area contributed by atoms with E-state index in [1.54, 1.807) is 0 Å². The Balaban J connectivity index is 2.16. The fourth-order valence-corrected chi connectivity index (χ4v) is 2.48. The molecule has 0 bridgehead atoms. The van der Waals surface area contributed by atoms with Crippen molar-refractivity contribution in [3.05, 3.63) is 32.6 Å². The monoisotopic (exact) mass is 419 g/mol. The number of hydrogen-bond donors (Lipinski definition) is 2. The van der Waals surface area contributed by atoms with E-state index < -0.39 is 55.2 Å². The molecule has 1 aliphatic heterocycles. The van der Waals surface area contributed by atoms with Crippen molar-refractivity contribution < 1.29 is 37.3 Å². The van der Waals surface area contributed by atoms with E-state index in [9.17, 15) is 32.7 Å². The molecule has 0 saturated carbocycles. The Labute approximate surface area is 160 Å². The SMILES string of the molecule is CC(=O)O[C@@H]1C[C@H](n2cc(C#CCN=COC(F)(F)F)c(=O)[nH]c2=O)O[C@@H]1CO. The summed E-state index contributed by atoms with van der Waals surface area (Å²) in [4.78, 5) is 40.4. The summed E-state index contributed by atoms with van der Waals surface area (Å²) in [5.41, 5.74) is -1.80. The number of rotatable bonds is 5. The summed E-state index contributed by atoms with van der Waals surface area (Å²) < 4.78 is 50.2. The van der Waals surface area contributed by atoms with E-state index in [1.807, 2.05) is 4.98 Å². The quantitative estimate of drug-likeness (QED) is 0.289. The van der Waals surface area contributed by atoms with Crippen LogP contribution in [0.3, 0.4) is 0 Å². The third-order valence-corrected chi connectivity index (χ3v) is 3.61. The van der Waals surface area contributed by atoms with Crippen molar-refractivity contribution in [2.45, 2.75) is 38.1 Å². The molecular formula is C16H16F3N3O7. The third-order valence-electron chi connectivity index (χ3n) is 3.61. The summed E-state index contributed by atoms with van der Waals surface area (Å²) >= 11 is 0. The maximum Gasteiger partial charge on any atom is 0.573 e. The number of carbonyl (C=O) groups excluding carboxylic acids is 1. The lowest BCUT2D eigenvalue weighted by Crippen LogP contribution is -2.33. The van der Waals surface area contributed by atoms with Crippen molar-refractivity contribution in [1.29, 1.82) is 0 Å². The van der Waals surface area contributed by atoms with Gasteiger partial charge < -0.3 is 19.3 Å². The summed E-state index contributed by atoms with van der Waals surface area (Å²) in [6, 6.07) is 0. The number of aromatic amines is 1. The molecule has 2 N–H and O–H groups in total. The van der Waals surface area contributed by atoms with Gasteiger partial charge in [0.2, 0.25) is 0 Å². The first-order chi connectivity index (χ1) is 13.6. The third kappa shape index (κ3) is 6.47. The lowest BCUT2D eigenvalue weighted by molar-refractivity contribution is -0.280. The number of aliphatic hydroxyl groups is 1. The largest absolute Gasteiger partial charge is 0.573 e. The van der Waals surface area contributed by atoms with Gasteiger partial charge in [-0.15, -0.1) is 13.2 Å². The second-order valence-electron chi connectivity index (χ2n) is 5.72. The van der Waals surface area contributed by atoms with Gasteiger partial charge in [-0.25, -0.2) is 9.79 Å². The molecule has 0 spiro atoms. The zero-order valence-corrected chi connectivity index (χ0v) is 14.9. The van der Waals surface area contributed by atoms with Gasteiger partial charge in [-0.2, -0.15) is 0 Å². The van der Waals surface area contributed by atoms with Crippen molar-refractivity contribution >= 4 is 12.4 Å². The van der Waals surface area contributed by atoms with Gasteiger partial charge in [0.1, 0.15) is 30.5 Å². The van der Waals surface area contributed by atoms with Crippen LogP contribution in [0, 0.1) is 11.8 Å². The van der Waals surface area contributed by atoms with Crippen LogP contribution in [0.5, 0.6) is 0 Å². The predicted octanol–water partition coefficient (Wildman–Crippen LogP) is -0.336. The Bertz CT molecular complexity index is 942. The molecule has 2 heterocycles. The molecule has 13 heteroatoms. The van der Waals surface area contributed by atoms with E-state index in [4.69, 9.17) is 9.47 Å². The lowest BCUT2D eigenvalue weighted by atomic mass is 10.2. The highest BCUT2D eigenvalue weighted by molar-refractivity contribution is 5.66. The van der Waals surface area contributed by atoms with Crippen LogP contribution in [0.4, 0.5) is 13.2 Å². The van der Waals surface area contributed by atoms with Crippen molar-refractivity contribution in [2.24, 2.45) is 4.99 Å². The highest BCUT2D eigenvalue weighted by Gasteiger charge is 2.38. The smallest absolute Gasteiger partial charge is 0.460 e. The molecule has 0 radical (unpaired) electrons. The van der Waals surface area contributed by atoms with E-state index in [2.05, 4.69) is 21.6 Å². The molecular weight excluding hydrogens is 403 g/mol. The Morgan fingerprint density at radius 1 is 1.52 bits per heavy atom. The van der Waals surface area contributed by atoms with Crippen LogP contribution < -0.4 is 11.2 Å². The molecule has 1 fully saturated rings. The van der Waals surface area contributed by atoms with E-state index in [-0.39, 0.29) is 18.4 Å². The summed E-state index contributed by atoms with van der Waals surface area (Å²) in [5.74, 6) is 4.13. The molecule has 10 nitrogen and oxygen atoms in total. The average molecular weight is 419 g/mol. The van der Waals surface area contributed by atoms with Gasteiger partial charge in [0.15, 0.2) is 6.40 Å². The van der Waals surface area contributed by atoms with Gasteiger partial charge in [0.05, 0.1) is 6.61 Å². The molecule has 3 atom stereocenters. The summed E-state index contributed by atoms with van der Waals surface area (Å²) in [7, 11) is 0. The first-order valence-electron chi connectivity index (χ1n) is 8.11. The molecule has 0 amide bonds. The fourth-order valence-electron chi connectivity index (χ4n) is 2.48. The van der Waals surface area contributed by atoms with Crippen molar-refractivity contribution in [3.63, 3.8) is 0 Å². The number of alkyl halides is 3. The van der Waals surface area contributed by atoms with Crippen LogP contribution in [-0.2, 0) is 19.0 Å². The van der Waals surface area contributed by atoms with Crippen LogP contribution in [0.25, 0.3) is 0 Å². The number of esters is 1. The maximum atomic E-state index is 12.1. The van der Waals surface area contributed by atoms with Crippen LogP contribution in [0.1, 0.15) is 25.1 Å². The molecule has 158 valence electrons. The normalized spacial score (nSPS) is 21.6. The minimum atomic E-state index is -4.86. The minimum Gasteiger partial charge on any atom is -0.460 e. The Hall–Kier alpha value is -3.11. The van der Waals surface area contributed by atoms with Crippen LogP contribution in [0.15, 0.2) is 20.8 Å². The number of aromatic nitrogens is 2. The second kappa shape index (κ2) is 9.39. The predicted molar refractivity (Wildman–Crippen MR) is 89.9 cm³/mol. The number of nitrogens with zero attached hydrogens (tertiary/aromatic N) is 2. The highest BCUT2D eigenvalue weighted by Crippen LogP contribution is 2.29. The molecule has 1 aromatic rings. The number of carbonyl (C=O) groups is 1. The molecule has 2 rings (SSSR count). The first-order valence-corrected chi connectivity index (χ1v) is 8.11. The molecule has 1 saturated heterocycles. The van der Waals surface area contributed by atoms with Crippen molar-refractivity contribution in [2.75, 3.05) is 13.2 Å². The number of ether oxygens (including phenoxy) is 3. The summed E-state index contributed by atoms with van der Waals surface area (Å²) in [6.45, 7) is 0.330. The van der Waals surface area contributed by atoms with Crippen LogP contribution >= 0.6 is 0 Å². The highest BCUT2D eigenvalue weighted by atomic mass is 19.4. The number of nitrogens with one attached hydrogen (secondary N) is 1. The molecule has 1 aliphatic rings. The molecule has 1 aromatic heterocycles. The number of aliphatic imine (C=N–C) groups is 1. The second-order valence-corrected chi connectivity index (χ2v) is 5.72. The van der Waals surface area contributed by atoms with Gasteiger partial charge in [-0.1, -0.05) is 11.8 Å². The van der Waals surface area contributed by atoms with Crippen molar-refractivity contribution in [3.8, 4) is 11.8 Å². The Kier molecular flexibility index (Phi) is 7.18. The summed E-state index contributed by atoms with van der Waals surface area (Å²) in [6.07, 6.45) is -6.14. The van der Waals surface area contributed by atoms with E-state index in [0.29, 0.717) is 0 Å². The molecule has 0 aliphatic carbocycles. The zero-order valence-electron chi connectivity index (χ0n) is 14.9. The van der Waals surface area contributed by atoms with Gasteiger partial charge in [-0.05, 0) is 0 Å². The van der Waals surface area contributed by atoms with Gasteiger partial charge in [-0.3, -0.25) is 19.1 Å². The van der Waals surface area contributed by atoms with Gasteiger partial charge in [0.25, 0.3) is 5.56 Å². The molecule has 0 unspecified atom stereocenters. The maximum absolute atomic E-state index is 12.1. The van der Waals surface area contributed by atoms with E-state index in [0.717, 1.165) is 10.8 Å². The Morgan fingerprint density at radius 3 is 2.86 bits per heavy atom. The Morgan fingerprint density at radius 2 is 2.24 bits per heavy atom. The van der Waals surface area contributed by atoms with E-state index >= 15 is 0 Å². The average Bonchev–Trinajstić information content (AvgIpc) is 3.00. The molecule has 29 heavy (non-hydrogen) atoms. The topological polar surface area (TPSA) is 132 Å². The standard InChI is InChI=1S/C16H16F3N3O7/c1-9(24)28-11-5-13(29-12(11)7-23)22-6-10(14(25)21-15(22)26)3-2-4-20-8-27-16(17,18)19/h6,8,11-13,23H,4-5,7H2,1H3,(H,21,25,26)/t11-,12-,13-/m1/s1. The number of H-pyrrole nitrogens is 1. The zero-order chi connectivity index (χ0) is 21.6.